The number of hydrogen-bond donors (Lipinski definition) is 1. The predicted octanol–water partition coefficient (Wildman–Crippen LogP) is 1.70. The van der Waals surface area contributed by atoms with Crippen molar-refractivity contribution in [3.63, 3.8) is 0 Å². The zero-order valence-electron chi connectivity index (χ0n) is 6.06. The summed E-state index contributed by atoms with van der Waals surface area (Å²) in [5.41, 5.74) is 0. The molecule has 0 aromatic carbocycles. The Hall–Kier alpha value is -0.300. The van der Waals surface area contributed by atoms with Gasteiger partial charge in [0.25, 0.3) is 0 Å². The summed E-state index contributed by atoms with van der Waals surface area (Å²) in [4.78, 5) is 0. The summed E-state index contributed by atoms with van der Waals surface area (Å²) in [5, 5.41) is 3.45. The van der Waals surface area contributed by atoms with Gasteiger partial charge in [-0.1, -0.05) is 12.5 Å². The summed E-state index contributed by atoms with van der Waals surface area (Å²) in [6, 6.07) is 1.27. The number of rotatable bonds is 1. The van der Waals surface area contributed by atoms with Crippen molar-refractivity contribution in [1.29, 1.82) is 0 Å². The minimum atomic E-state index is 0.578. The molecule has 1 heterocycles. The van der Waals surface area contributed by atoms with Crippen LogP contribution in [-0.4, -0.2) is 12.1 Å². The van der Waals surface area contributed by atoms with E-state index in [0.717, 1.165) is 0 Å². The van der Waals surface area contributed by atoms with E-state index in [9.17, 15) is 0 Å². The highest BCUT2D eigenvalue weighted by Gasteiger charge is 2.13. The Morgan fingerprint density at radius 1 is 1.56 bits per heavy atom. The van der Waals surface area contributed by atoms with Gasteiger partial charge in [0.1, 0.15) is 0 Å². The number of piperidine rings is 1. The van der Waals surface area contributed by atoms with Gasteiger partial charge in [0, 0.05) is 12.1 Å². The smallest absolute Gasteiger partial charge is 0.0249 e. The van der Waals surface area contributed by atoms with E-state index < -0.39 is 0 Å². The zero-order valence-corrected chi connectivity index (χ0v) is 6.06. The highest BCUT2D eigenvalue weighted by Crippen LogP contribution is 2.11. The van der Waals surface area contributed by atoms with Crippen LogP contribution in [0.25, 0.3) is 0 Å². The van der Waals surface area contributed by atoms with E-state index >= 15 is 0 Å². The fraction of sp³-hybridized carbons (Fsp3) is 0.750. The fourth-order valence-electron chi connectivity index (χ4n) is 1.36. The maximum absolute atomic E-state index is 3.76. The molecule has 0 amide bonds. The molecule has 1 nitrogen and oxygen atoms in total. The van der Waals surface area contributed by atoms with Gasteiger partial charge in [-0.15, -0.1) is 6.58 Å². The minimum absolute atomic E-state index is 0.578. The molecule has 1 saturated heterocycles. The summed E-state index contributed by atoms with van der Waals surface area (Å²) >= 11 is 0. The average molecular weight is 125 g/mol. The Balaban J connectivity index is 2.31. The van der Waals surface area contributed by atoms with E-state index in [1.807, 2.05) is 6.08 Å². The van der Waals surface area contributed by atoms with Gasteiger partial charge in [-0.3, -0.25) is 0 Å². The highest BCUT2D eigenvalue weighted by atomic mass is 14.9. The van der Waals surface area contributed by atoms with E-state index in [4.69, 9.17) is 0 Å². The molecule has 0 unspecified atom stereocenters. The lowest BCUT2D eigenvalue weighted by atomic mass is 10.00. The average Bonchev–Trinajstić information content (AvgIpc) is 1.88. The molecule has 1 N–H and O–H groups in total. The van der Waals surface area contributed by atoms with Gasteiger partial charge in [-0.05, 0) is 19.8 Å². The van der Waals surface area contributed by atoms with Crippen molar-refractivity contribution in [1.82, 2.24) is 5.32 Å². The molecule has 2 atom stereocenters. The van der Waals surface area contributed by atoms with Crippen LogP contribution in [-0.2, 0) is 0 Å². The van der Waals surface area contributed by atoms with Crippen LogP contribution in [0, 0.1) is 0 Å². The van der Waals surface area contributed by atoms with Crippen LogP contribution in [0.5, 0.6) is 0 Å². The molecule has 9 heavy (non-hydrogen) atoms. The molecular weight excluding hydrogens is 110 g/mol. The first-order chi connectivity index (χ1) is 4.33. The van der Waals surface area contributed by atoms with Gasteiger partial charge in [-0.25, -0.2) is 0 Å². The topological polar surface area (TPSA) is 12.0 Å². The van der Waals surface area contributed by atoms with Gasteiger partial charge >= 0.3 is 0 Å². The summed E-state index contributed by atoms with van der Waals surface area (Å²) < 4.78 is 0. The molecule has 1 fully saturated rings. The first kappa shape index (κ1) is 6.81. The monoisotopic (exact) mass is 125 g/mol. The van der Waals surface area contributed by atoms with Crippen molar-refractivity contribution in [3.05, 3.63) is 12.7 Å². The molecule has 1 aliphatic heterocycles. The molecule has 0 aliphatic carbocycles. The second kappa shape index (κ2) is 3.02. The summed E-state index contributed by atoms with van der Waals surface area (Å²) in [5.74, 6) is 0. The normalized spacial score (nSPS) is 36.1. The maximum atomic E-state index is 3.76. The Labute approximate surface area is 57.1 Å². The van der Waals surface area contributed by atoms with Crippen molar-refractivity contribution in [2.45, 2.75) is 38.3 Å². The molecule has 0 spiro atoms. The van der Waals surface area contributed by atoms with Crippen molar-refractivity contribution in [3.8, 4) is 0 Å². The molecule has 0 saturated carbocycles. The molecule has 0 bridgehead atoms. The lowest BCUT2D eigenvalue weighted by molar-refractivity contribution is 0.375. The molecule has 0 radical (unpaired) electrons. The van der Waals surface area contributed by atoms with Crippen molar-refractivity contribution < 1.29 is 0 Å². The quantitative estimate of drug-likeness (QED) is 0.526. The highest BCUT2D eigenvalue weighted by molar-refractivity contribution is 4.90. The zero-order chi connectivity index (χ0) is 6.69. The van der Waals surface area contributed by atoms with Crippen molar-refractivity contribution >= 4 is 0 Å². The number of hydrogen-bond acceptors (Lipinski definition) is 1. The van der Waals surface area contributed by atoms with Crippen LogP contribution >= 0.6 is 0 Å². The molecule has 0 aromatic heterocycles. The standard InChI is InChI=1S/C8H15N/c1-3-8-6-4-5-7(2)9-8/h3,7-9H,1,4-6H2,2H3/t7-,8+/m1/s1. The van der Waals surface area contributed by atoms with E-state index in [1.54, 1.807) is 0 Å². The third-order valence-electron chi connectivity index (χ3n) is 1.94. The molecule has 1 aliphatic rings. The summed E-state index contributed by atoms with van der Waals surface area (Å²) in [6.07, 6.45) is 5.96. The lowest BCUT2D eigenvalue weighted by Crippen LogP contribution is -2.38. The van der Waals surface area contributed by atoms with Crippen molar-refractivity contribution in [2.75, 3.05) is 0 Å². The van der Waals surface area contributed by atoms with Gasteiger partial charge in [-0.2, -0.15) is 0 Å². The first-order valence-corrected chi connectivity index (χ1v) is 3.71. The summed E-state index contributed by atoms with van der Waals surface area (Å²) in [7, 11) is 0. The molecule has 0 aromatic rings. The Kier molecular flexibility index (Phi) is 2.29. The maximum Gasteiger partial charge on any atom is 0.0249 e. The minimum Gasteiger partial charge on any atom is -0.308 e. The predicted molar refractivity (Wildman–Crippen MR) is 40.4 cm³/mol. The van der Waals surface area contributed by atoms with Crippen LogP contribution in [0.3, 0.4) is 0 Å². The van der Waals surface area contributed by atoms with E-state index in [1.165, 1.54) is 19.3 Å². The van der Waals surface area contributed by atoms with Gasteiger partial charge < -0.3 is 5.32 Å². The lowest BCUT2D eigenvalue weighted by Gasteiger charge is -2.26. The second-order valence-corrected chi connectivity index (χ2v) is 2.84. The van der Waals surface area contributed by atoms with Crippen LogP contribution in [0.4, 0.5) is 0 Å². The Morgan fingerprint density at radius 2 is 2.33 bits per heavy atom. The first-order valence-electron chi connectivity index (χ1n) is 3.71. The molecular formula is C8H15N. The SMILES string of the molecule is C=C[C@H]1CCC[C@@H](C)N1. The van der Waals surface area contributed by atoms with Crippen LogP contribution in [0.1, 0.15) is 26.2 Å². The van der Waals surface area contributed by atoms with Crippen LogP contribution in [0.15, 0.2) is 12.7 Å². The van der Waals surface area contributed by atoms with Crippen LogP contribution in [0.2, 0.25) is 0 Å². The van der Waals surface area contributed by atoms with E-state index in [2.05, 4.69) is 18.8 Å². The van der Waals surface area contributed by atoms with Gasteiger partial charge in [0.2, 0.25) is 0 Å². The van der Waals surface area contributed by atoms with Crippen molar-refractivity contribution in [2.24, 2.45) is 0 Å². The summed E-state index contributed by atoms with van der Waals surface area (Å²) in [6.45, 7) is 5.99. The Bertz CT molecular complexity index is 98.7. The fourth-order valence-corrected chi connectivity index (χ4v) is 1.36. The number of nitrogens with one attached hydrogen (secondary N) is 1. The second-order valence-electron chi connectivity index (χ2n) is 2.84. The molecule has 52 valence electrons. The van der Waals surface area contributed by atoms with E-state index in [-0.39, 0.29) is 0 Å². The Morgan fingerprint density at radius 3 is 2.78 bits per heavy atom. The third kappa shape index (κ3) is 1.83. The van der Waals surface area contributed by atoms with E-state index in [0.29, 0.717) is 12.1 Å². The van der Waals surface area contributed by atoms with Gasteiger partial charge in [0.15, 0.2) is 0 Å². The molecule has 1 heteroatoms. The molecule has 1 rings (SSSR count). The third-order valence-corrected chi connectivity index (χ3v) is 1.94. The van der Waals surface area contributed by atoms with Crippen LogP contribution < -0.4 is 5.32 Å². The van der Waals surface area contributed by atoms with Gasteiger partial charge in [0.05, 0.1) is 0 Å². The largest absolute Gasteiger partial charge is 0.308 e.